The van der Waals surface area contributed by atoms with Gasteiger partial charge in [0.1, 0.15) is 11.6 Å². The van der Waals surface area contributed by atoms with Gasteiger partial charge >= 0.3 is 0 Å². The Morgan fingerprint density at radius 1 is 1.26 bits per heavy atom. The van der Waals surface area contributed by atoms with Crippen LogP contribution in [0.1, 0.15) is 15.9 Å². The van der Waals surface area contributed by atoms with E-state index in [1.54, 1.807) is 13.0 Å². The van der Waals surface area contributed by atoms with Gasteiger partial charge in [0.05, 0.1) is 16.3 Å². The third kappa shape index (κ3) is 3.03. The molecular weight excluding hydrogens is 269 g/mol. The summed E-state index contributed by atoms with van der Waals surface area (Å²) in [7, 11) is 0. The van der Waals surface area contributed by atoms with E-state index in [9.17, 15) is 14.3 Å². The number of aromatic hydroxyl groups is 1. The van der Waals surface area contributed by atoms with Crippen LogP contribution in [-0.2, 0) is 0 Å². The Labute approximate surface area is 114 Å². The molecule has 0 aliphatic rings. The molecule has 2 aromatic rings. The molecule has 2 aromatic carbocycles. The largest absolute Gasteiger partial charge is 0.508 e. The van der Waals surface area contributed by atoms with E-state index in [0.29, 0.717) is 5.69 Å². The molecule has 0 fully saturated rings. The highest BCUT2D eigenvalue weighted by molar-refractivity contribution is 6.34. The van der Waals surface area contributed by atoms with Crippen molar-refractivity contribution in [2.24, 2.45) is 0 Å². The first kappa shape index (κ1) is 13.4. The van der Waals surface area contributed by atoms with Crippen LogP contribution in [0.3, 0.4) is 0 Å². The van der Waals surface area contributed by atoms with E-state index in [2.05, 4.69) is 5.32 Å². The van der Waals surface area contributed by atoms with Crippen molar-refractivity contribution in [2.75, 3.05) is 5.32 Å². The molecule has 0 atom stereocenters. The number of nitrogens with one attached hydrogen (secondary N) is 1. The quantitative estimate of drug-likeness (QED) is 0.823. The SMILES string of the molecule is Cc1ccc(C(=O)Nc2ccc(O)cc2Cl)c(F)c1. The van der Waals surface area contributed by atoms with Crippen LogP contribution in [0.15, 0.2) is 36.4 Å². The first-order chi connectivity index (χ1) is 8.97. The van der Waals surface area contributed by atoms with Gasteiger partial charge in [-0.3, -0.25) is 4.79 Å². The summed E-state index contributed by atoms with van der Waals surface area (Å²) in [5, 5.41) is 11.9. The Morgan fingerprint density at radius 3 is 2.63 bits per heavy atom. The van der Waals surface area contributed by atoms with E-state index in [-0.39, 0.29) is 16.3 Å². The van der Waals surface area contributed by atoms with Crippen LogP contribution in [0, 0.1) is 12.7 Å². The highest BCUT2D eigenvalue weighted by Crippen LogP contribution is 2.26. The average Bonchev–Trinajstić information content (AvgIpc) is 2.32. The molecule has 0 aliphatic heterocycles. The van der Waals surface area contributed by atoms with Gasteiger partial charge in [0.15, 0.2) is 0 Å². The molecule has 0 saturated carbocycles. The zero-order chi connectivity index (χ0) is 14.0. The third-order valence-corrected chi connectivity index (χ3v) is 2.88. The first-order valence-electron chi connectivity index (χ1n) is 5.53. The number of hydrogen-bond donors (Lipinski definition) is 2. The molecule has 98 valence electrons. The van der Waals surface area contributed by atoms with Crippen molar-refractivity contribution in [1.82, 2.24) is 0 Å². The molecule has 5 heteroatoms. The summed E-state index contributed by atoms with van der Waals surface area (Å²) in [5.41, 5.74) is 0.982. The van der Waals surface area contributed by atoms with E-state index in [1.807, 2.05) is 0 Å². The number of carbonyl (C=O) groups is 1. The number of rotatable bonds is 2. The van der Waals surface area contributed by atoms with Crippen LogP contribution < -0.4 is 5.32 Å². The molecule has 0 saturated heterocycles. The van der Waals surface area contributed by atoms with Gasteiger partial charge in [-0.25, -0.2) is 4.39 Å². The van der Waals surface area contributed by atoms with Crippen LogP contribution in [0.4, 0.5) is 10.1 Å². The van der Waals surface area contributed by atoms with Crippen molar-refractivity contribution in [3.8, 4) is 5.75 Å². The molecule has 0 aliphatic carbocycles. The van der Waals surface area contributed by atoms with Crippen molar-refractivity contribution in [1.29, 1.82) is 0 Å². The van der Waals surface area contributed by atoms with Crippen LogP contribution in [0.5, 0.6) is 5.75 Å². The summed E-state index contributed by atoms with van der Waals surface area (Å²) >= 11 is 5.86. The molecule has 2 rings (SSSR count). The molecule has 2 N–H and O–H groups in total. The number of carbonyl (C=O) groups excluding carboxylic acids is 1. The minimum atomic E-state index is -0.593. The lowest BCUT2D eigenvalue weighted by molar-refractivity contribution is 0.102. The molecule has 19 heavy (non-hydrogen) atoms. The van der Waals surface area contributed by atoms with Gasteiger partial charge in [-0.15, -0.1) is 0 Å². The summed E-state index contributed by atoms with van der Waals surface area (Å²) in [6.45, 7) is 1.74. The van der Waals surface area contributed by atoms with Gasteiger partial charge < -0.3 is 10.4 Å². The molecular formula is C14H11ClFNO2. The standard InChI is InChI=1S/C14H11ClFNO2/c1-8-2-4-10(12(16)6-8)14(19)17-13-5-3-9(18)7-11(13)15/h2-7,18H,1H3,(H,17,19). The second-order valence-corrected chi connectivity index (χ2v) is 4.51. The van der Waals surface area contributed by atoms with Gasteiger partial charge in [-0.1, -0.05) is 17.7 Å². The highest BCUT2D eigenvalue weighted by Gasteiger charge is 2.13. The highest BCUT2D eigenvalue weighted by atomic mass is 35.5. The van der Waals surface area contributed by atoms with Crippen molar-refractivity contribution in [2.45, 2.75) is 6.92 Å². The van der Waals surface area contributed by atoms with Crippen LogP contribution in [0.25, 0.3) is 0 Å². The van der Waals surface area contributed by atoms with Crippen LogP contribution in [-0.4, -0.2) is 11.0 Å². The van der Waals surface area contributed by atoms with E-state index in [4.69, 9.17) is 11.6 Å². The Balaban J connectivity index is 2.25. The molecule has 0 heterocycles. The minimum absolute atomic E-state index is 0.00971. The van der Waals surface area contributed by atoms with E-state index < -0.39 is 11.7 Å². The average molecular weight is 280 g/mol. The van der Waals surface area contributed by atoms with Crippen LogP contribution >= 0.6 is 11.6 Å². The molecule has 0 unspecified atom stereocenters. The molecule has 0 aromatic heterocycles. The predicted octanol–water partition coefficient (Wildman–Crippen LogP) is 3.75. The Hall–Kier alpha value is -2.07. The number of benzene rings is 2. The monoisotopic (exact) mass is 279 g/mol. The minimum Gasteiger partial charge on any atom is -0.508 e. The summed E-state index contributed by atoms with van der Waals surface area (Å²) < 4.78 is 13.6. The lowest BCUT2D eigenvalue weighted by Crippen LogP contribution is -2.14. The van der Waals surface area contributed by atoms with Crippen LogP contribution in [0.2, 0.25) is 5.02 Å². The number of anilines is 1. The van der Waals surface area contributed by atoms with Gasteiger partial charge in [0.25, 0.3) is 5.91 Å². The fourth-order valence-electron chi connectivity index (χ4n) is 1.60. The number of phenols is 1. The topological polar surface area (TPSA) is 49.3 Å². The van der Waals surface area contributed by atoms with Crippen molar-refractivity contribution in [3.05, 3.63) is 58.4 Å². The smallest absolute Gasteiger partial charge is 0.258 e. The van der Waals surface area contributed by atoms with Gasteiger partial charge in [0, 0.05) is 6.07 Å². The maximum atomic E-state index is 13.6. The zero-order valence-electron chi connectivity index (χ0n) is 10.1. The Kier molecular flexibility index (Phi) is 3.71. The van der Waals surface area contributed by atoms with Crippen molar-refractivity contribution in [3.63, 3.8) is 0 Å². The molecule has 0 bridgehead atoms. The normalized spacial score (nSPS) is 10.3. The summed E-state index contributed by atoms with van der Waals surface area (Å²) in [6, 6.07) is 8.47. The molecule has 1 amide bonds. The van der Waals surface area contributed by atoms with E-state index in [0.717, 1.165) is 5.56 Å². The molecule has 0 spiro atoms. The van der Waals surface area contributed by atoms with Gasteiger partial charge in [-0.2, -0.15) is 0 Å². The number of phenolic OH excluding ortho intramolecular Hbond substituents is 1. The van der Waals surface area contributed by atoms with Gasteiger partial charge in [-0.05, 0) is 36.8 Å². The summed E-state index contributed by atoms with van der Waals surface area (Å²) in [6.07, 6.45) is 0. The second-order valence-electron chi connectivity index (χ2n) is 4.10. The number of hydrogen-bond acceptors (Lipinski definition) is 2. The second kappa shape index (κ2) is 5.28. The van der Waals surface area contributed by atoms with E-state index in [1.165, 1.54) is 30.3 Å². The Morgan fingerprint density at radius 2 is 2.00 bits per heavy atom. The number of halogens is 2. The molecule has 0 radical (unpaired) electrons. The predicted molar refractivity (Wildman–Crippen MR) is 72.2 cm³/mol. The van der Waals surface area contributed by atoms with E-state index >= 15 is 0 Å². The number of amides is 1. The summed E-state index contributed by atoms with van der Waals surface area (Å²) in [5.74, 6) is -1.19. The fraction of sp³-hybridized carbons (Fsp3) is 0.0714. The molecule has 3 nitrogen and oxygen atoms in total. The third-order valence-electron chi connectivity index (χ3n) is 2.57. The maximum Gasteiger partial charge on any atom is 0.258 e. The van der Waals surface area contributed by atoms with Crippen molar-refractivity contribution >= 4 is 23.2 Å². The van der Waals surface area contributed by atoms with Gasteiger partial charge in [0.2, 0.25) is 0 Å². The first-order valence-corrected chi connectivity index (χ1v) is 5.91. The lowest BCUT2D eigenvalue weighted by Gasteiger charge is -2.08. The lowest BCUT2D eigenvalue weighted by atomic mass is 10.1. The van der Waals surface area contributed by atoms with Crippen molar-refractivity contribution < 1.29 is 14.3 Å². The zero-order valence-corrected chi connectivity index (χ0v) is 10.8. The Bertz CT molecular complexity index is 643. The maximum absolute atomic E-state index is 13.6. The number of aryl methyl sites for hydroxylation is 1. The fourth-order valence-corrected chi connectivity index (χ4v) is 1.82. The summed E-state index contributed by atoms with van der Waals surface area (Å²) in [4.78, 5) is 11.9.